The zero-order valence-electron chi connectivity index (χ0n) is 10.1. The molecule has 0 atom stereocenters. The van der Waals surface area contributed by atoms with Gasteiger partial charge in [0.2, 0.25) is 0 Å². The molecular weight excluding hydrogens is 248 g/mol. The van der Waals surface area contributed by atoms with Crippen molar-refractivity contribution in [3.63, 3.8) is 0 Å². The summed E-state index contributed by atoms with van der Waals surface area (Å²) in [5.41, 5.74) is 0.378. The summed E-state index contributed by atoms with van der Waals surface area (Å²) >= 11 is 0. The zero-order valence-corrected chi connectivity index (χ0v) is 10.9. The summed E-state index contributed by atoms with van der Waals surface area (Å²) < 4.78 is 24.1. The molecule has 0 aliphatic heterocycles. The third-order valence-electron chi connectivity index (χ3n) is 3.23. The zero-order chi connectivity index (χ0) is 13.0. The van der Waals surface area contributed by atoms with E-state index in [0.717, 1.165) is 12.8 Å². The maximum atomic E-state index is 12.0. The van der Waals surface area contributed by atoms with Gasteiger partial charge < -0.3 is 5.32 Å². The highest BCUT2D eigenvalue weighted by Crippen LogP contribution is 2.18. The summed E-state index contributed by atoms with van der Waals surface area (Å²) in [4.78, 5) is 0.233. The summed E-state index contributed by atoms with van der Waals surface area (Å²) in [7, 11) is -3.29. The Hall–Kier alpha value is -1.38. The van der Waals surface area contributed by atoms with Crippen molar-refractivity contribution in [3.8, 4) is 6.07 Å². The van der Waals surface area contributed by atoms with Crippen molar-refractivity contribution in [2.75, 3.05) is 12.3 Å². The molecule has 0 saturated heterocycles. The topological polar surface area (TPSA) is 70.0 Å². The Morgan fingerprint density at radius 3 is 2.78 bits per heavy atom. The minimum Gasteiger partial charge on any atom is -0.313 e. The predicted molar refractivity (Wildman–Crippen MR) is 68.9 cm³/mol. The molecule has 18 heavy (non-hydrogen) atoms. The Balaban J connectivity index is 1.98. The van der Waals surface area contributed by atoms with E-state index in [4.69, 9.17) is 5.26 Å². The van der Waals surface area contributed by atoms with E-state index in [9.17, 15) is 8.42 Å². The van der Waals surface area contributed by atoms with Gasteiger partial charge in [-0.15, -0.1) is 0 Å². The van der Waals surface area contributed by atoms with Crippen LogP contribution in [-0.2, 0) is 9.84 Å². The largest absolute Gasteiger partial charge is 0.313 e. The molecule has 1 aliphatic rings. The lowest BCUT2D eigenvalue weighted by atomic mass is 9.93. The molecule has 0 amide bonds. The lowest BCUT2D eigenvalue weighted by Gasteiger charge is -2.26. The van der Waals surface area contributed by atoms with Crippen LogP contribution in [0.2, 0.25) is 0 Å². The fourth-order valence-electron chi connectivity index (χ4n) is 1.89. The second-order valence-corrected chi connectivity index (χ2v) is 6.65. The van der Waals surface area contributed by atoms with Crippen LogP contribution in [0.4, 0.5) is 0 Å². The Morgan fingerprint density at radius 2 is 2.17 bits per heavy atom. The van der Waals surface area contributed by atoms with Crippen molar-refractivity contribution in [2.45, 2.75) is 30.2 Å². The van der Waals surface area contributed by atoms with Crippen molar-refractivity contribution >= 4 is 9.84 Å². The molecule has 1 saturated carbocycles. The molecule has 0 spiro atoms. The summed E-state index contributed by atoms with van der Waals surface area (Å²) in [5, 5.41) is 12.0. The van der Waals surface area contributed by atoms with Gasteiger partial charge in [-0.2, -0.15) is 5.26 Å². The molecule has 2 rings (SSSR count). The summed E-state index contributed by atoms with van der Waals surface area (Å²) in [5.74, 6) is 0.0817. The molecule has 96 valence electrons. The van der Waals surface area contributed by atoms with Crippen LogP contribution in [0.15, 0.2) is 29.2 Å². The van der Waals surface area contributed by atoms with Crippen LogP contribution >= 0.6 is 0 Å². The number of rotatable bonds is 5. The molecule has 1 aromatic rings. The molecule has 0 heterocycles. The van der Waals surface area contributed by atoms with E-state index < -0.39 is 9.84 Å². The van der Waals surface area contributed by atoms with E-state index in [1.807, 2.05) is 6.07 Å². The van der Waals surface area contributed by atoms with E-state index >= 15 is 0 Å². The molecule has 0 aromatic heterocycles. The van der Waals surface area contributed by atoms with Crippen LogP contribution in [0.1, 0.15) is 24.8 Å². The molecule has 0 bridgehead atoms. The summed E-state index contributed by atoms with van der Waals surface area (Å²) in [6, 6.07) is 8.62. The molecule has 5 heteroatoms. The van der Waals surface area contributed by atoms with Gasteiger partial charge in [0, 0.05) is 12.6 Å². The van der Waals surface area contributed by atoms with Gasteiger partial charge >= 0.3 is 0 Å². The fraction of sp³-hybridized carbons (Fsp3) is 0.462. The Bertz CT molecular complexity index is 557. The van der Waals surface area contributed by atoms with E-state index in [-0.39, 0.29) is 10.6 Å². The SMILES string of the molecule is N#Cc1cccc(S(=O)(=O)CCNC2CCC2)c1. The average Bonchev–Trinajstić information content (AvgIpc) is 2.32. The van der Waals surface area contributed by atoms with Crippen LogP contribution in [0, 0.1) is 11.3 Å². The molecular formula is C13H16N2O2S. The van der Waals surface area contributed by atoms with Gasteiger partial charge in [0.1, 0.15) is 0 Å². The van der Waals surface area contributed by atoms with Gasteiger partial charge in [0.05, 0.1) is 22.3 Å². The summed E-state index contributed by atoms with van der Waals surface area (Å²) in [6.45, 7) is 0.476. The van der Waals surface area contributed by atoms with Crippen LogP contribution in [0.3, 0.4) is 0 Å². The first-order chi connectivity index (χ1) is 8.62. The standard InChI is InChI=1S/C13H16N2O2S/c14-10-11-3-1-6-13(9-11)18(16,17)8-7-15-12-4-2-5-12/h1,3,6,9,12,15H,2,4-5,7-8H2. The third-order valence-corrected chi connectivity index (χ3v) is 4.94. The van der Waals surface area contributed by atoms with Gasteiger partial charge in [-0.05, 0) is 31.0 Å². The van der Waals surface area contributed by atoms with Crippen LogP contribution in [0.25, 0.3) is 0 Å². The molecule has 1 fully saturated rings. The van der Waals surface area contributed by atoms with Crippen molar-refractivity contribution in [2.24, 2.45) is 0 Å². The van der Waals surface area contributed by atoms with E-state index in [2.05, 4.69) is 5.32 Å². The number of nitriles is 1. The molecule has 1 aromatic carbocycles. The van der Waals surface area contributed by atoms with Crippen molar-refractivity contribution < 1.29 is 8.42 Å². The normalized spacial score (nSPS) is 15.9. The van der Waals surface area contributed by atoms with Gasteiger partial charge in [-0.1, -0.05) is 12.5 Å². The van der Waals surface area contributed by atoms with E-state index in [0.29, 0.717) is 18.2 Å². The average molecular weight is 264 g/mol. The number of nitrogens with one attached hydrogen (secondary N) is 1. The minimum absolute atomic E-state index is 0.0817. The number of hydrogen-bond acceptors (Lipinski definition) is 4. The van der Waals surface area contributed by atoms with Crippen LogP contribution in [-0.4, -0.2) is 26.8 Å². The lowest BCUT2D eigenvalue weighted by Crippen LogP contribution is -2.37. The molecule has 1 N–H and O–H groups in total. The first kappa shape index (κ1) is 13.1. The van der Waals surface area contributed by atoms with Crippen molar-refractivity contribution in [1.29, 1.82) is 5.26 Å². The van der Waals surface area contributed by atoms with Gasteiger partial charge in [-0.25, -0.2) is 8.42 Å². The minimum atomic E-state index is -3.29. The predicted octanol–water partition coefficient (Wildman–Crippen LogP) is 1.47. The Morgan fingerprint density at radius 1 is 1.39 bits per heavy atom. The molecule has 0 radical (unpaired) electrons. The first-order valence-corrected chi connectivity index (χ1v) is 7.73. The van der Waals surface area contributed by atoms with E-state index in [1.165, 1.54) is 12.5 Å². The fourth-order valence-corrected chi connectivity index (χ4v) is 3.10. The highest BCUT2D eigenvalue weighted by molar-refractivity contribution is 7.91. The first-order valence-electron chi connectivity index (χ1n) is 6.08. The van der Waals surface area contributed by atoms with Crippen molar-refractivity contribution in [1.82, 2.24) is 5.32 Å². The third kappa shape index (κ3) is 3.09. The van der Waals surface area contributed by atoms with Crippen LogP contribution < -0.4 is 5.32 Å². The number of benzene rings is 1. The monoisotopic (exact) mass is 264 g/mol. The number of hydrogen-bond donors (Lipinski definition) is 1. The quantitative estimate of drug-likeness (QED) is 0.874. The van der Waals surface area contributed by atoms with Gasteiger partial charge in [-0.3, -0.25) is 0 Å². The maximum Gasteiger partial charge on any atom is 0.179 e. The molecule has 1 aliphatic carbocycles. The molecule has 4 nitrogen and oxygen atoms in total. The second kappa shape index (κ2) is 5.51. The van der Waals surface area contributed by atoms with Crippen molar-refractivity contribution in [3.05, 3.63) is 29.8 Å². The Kier molecular flexibility index (Phi) is 4.00. The highest BCUT2D eigenvalue weighted by atomic mass is 32.2. The summed E-state index contributed by atoms with van der Waals surface area (Å²) in [6.07, 6.45) is 3.52. The number of nitrogens with zero attached hydrogens (tertiary/aromatic N) is 1. The lowest BCUT2D eigenvalue weighted by molar-refractivity contribution is 0.346. The maximum absolute atomic E-state index is 12.0. The molecule has 0 unspecified atom stereocenters. The van der Waals surface area contributed by atoms with Gasteiger partial charge in [0.15, 0.2) is 9.84 Å². The Labute approximate surface area is 108 Å². The van der Waals surface area contributed by atoms with Crippen LogP contribution in [0.5, 0.6) is 0 Å². The second-order valence-electron chi connectivity index (χ2n) is 4.54. The number of sulfone groups is 1. The van der Waals surface area contributed by atoms with E-state index in [1.54, 1.807) is 18.2 Å². The smallest absolute Gasteiger partial charge is 0.179 e. The highest BCUT2D eigenvalue weighted by Gasteiger charge is 2.19. The van der Waals surface area contributed by atoms with Gasteiger partial charge in [0.25, 0.3) is 0 Å².